The van der Waals surface area contributed by atoms with Gasteiger partial charge in [0.15, 0.2) is 0 Å². The fraction of sp³-hybridized carbons (Fsp3) is 0.182. The summed E-state index contributed by atoms with van der Waals surface area (Å²) in [5.74, 6) is 0. The molecule has 0 saturated heterocycles. The number of nitrogens with two attached hydrogens (primary N) is 2. The van der Waals surface area contributed by atoms with E-state index in [0.717, 1.165) is 84.9 Å². The van der Waals surface area contributed by atoms with Gasteiger partial charge in [0.05, 0.1) is 60.4 Å². The number of ether oxygens (including phenoxy) is 2. The van der Waals surface area contributed by atoms with Crippen LogP contribution in [0.4, 0.5) is 28.4 Å². The van der Waals surface area contributed by atoms with Crippen molar-refractivity contribution in [2.45, 2.75) is 51.7 Å². The summed E-state index contributed by atoms with van der Waals surface area (Å²) in [5.41, 5.74) is 14.2. The van der Waals surface area contributed by atoms with Crippen LogP contribution in [-0.2, 0) is 321 Å². The predicted octanol–water partition coefficient (Wildman–Crippen LogP) is -10.7. The number of amides is 14. The fourth-order valence-corrected chi connectivity index (χ4v) is 9.81. The van der Waals surface area contributed by atoms with Crippen LogP contribution in [0.25, 0.3) is 0 Å². The van der Waals surface area contributed by atoms with Gasteiger partial charge in [-0.05, 0) is 57.4 Å². The predicted molar refractivity (Wildman–Crippen MR) is 437 cm³/mol. The van der Waals surface area contributed by atoms with Gasteiger partial charge >= 0.3 is 0 Å². The van der Waals surface area contributed by atoms with Gasteiger partial charge in [0.1, 0.15) is 0 Å². The number of nitrogens with one attached hydrogen (secondary N) is 6. The zero-order valence-corrected chi connectivity index (χ0v) is 91.3. The Kier molecular flexibility index (Phi) is 192. The molecule has 0 spiro atoms. The van der Waals surface area contributed by atoms with Crippen molar-refractivity contribution >= 4 is 266 Å². The number of nitrogens with zero attached hydrogens (tertiary/aromatic N) is 4. The first-order chi connectivity index (χ1) is 56.0. The van der Waals surface area contributed by atoms with Crippen molar-refractivity contribution in [1.82, 2.24) is 31.1 Å². The normalized spacial score (nSPS) is 7.93. The number of aliphatic hydroxyl groups excluding tert-OH is 6. The van der Waals surface area contributed by atoms with Crippen LogP contribution in [0.1, 0.15) is 6.42 Å². The minimum atomic E-state index is -0.569. The van der Waals surface area contributed by atoms with Crippen molar-refractivity contribution < 1.29 is 351 Å². The zero-order chi connectivity index (χ0) is 91.3. The van der Waals surface area contributed by atoms with E-state index in [4.69, 9.17) is 90.1 Å². The van der Waals surface area contributed by atoms with Crippen molar-refractivity contribution in [3.05, 3.63) is 121 Å². The number of anilines is 5. The smallest absolute Gasteiger partial charge is 0.0692 e. The summed E-state index contributed by atoms with van der Waals surface area (Å²) in [6.07, 6.45) is 20.3. The maximum Gasteiger partial charge on any atom is 0.0692 e. The van der Waals surface area contributed by atoms with Crippen LogP contribution in [0, 0.1) is 0 Å². The summed E-state index contributed by atoms with van der Waals surface area (Å²) in [7, 11) is -0.142. The number of rotatable bonds is 36. The first-order valence-corrected chi connectivity index (χ1v) is 43.7. The fourth-order valence-electron chi connectivity index (χ4n) is 5.48. The number of benzene rings is 5. The van der Waals surface area contributed by atoms with Gasteiger partial charge in [-0.2, -0.15) is 86.9 Å². The molecule has 660 valence electrons. The third-order valence-corrected chi connectivity index (χ3v) is 18.1. The molecule has 0 heterocycles. The van der Waals surface area contributed by atoms with E-state index in [1.54, 1.807) is 37.1 Å². The van der Waals surface area contributed by atoms with Gasteiger partial charge < -0.3 is 218 Å². The van der Waals surface area contributed by atoms with E-state index in [2.05, 4.69) is 92.8 Å². The van der Waals surface area contributed by atoms with Gasteiger partial charge in [-0.25, -0.2) is 0 Å². The Hall–Kier alpha value is -7.74. The summed E-state index contributed by atoms with van der Waals surface area (Å²) in [6, 6.07) is 39.9. The van der Waals surface area contributed by atoms with Gasteiger partial charge in [0, 0.05) is 225 Å². The van der Waals surface area contributed by atoms with Crippen molar-refractivity contribution in [2.75, 3.05) is 52.7 Å². The number of hydrogen-bond donors (Lipinski definition) is 14. The third-order valence-electron chi connectivity index (χ3n) is 10.4. The Morgan fingerprint density at radius 2 is 0.525 bits per heavy atom. The molecule has 6 radical (unpaired) electrons. The number of hydrogen-bond acceptors (Lipinski definition) is 28. The molecule has 5 aromatic carbocycles. The standard InChI is InChI=1S/2C9H9NO2Si.2C8H10NOSi.C7H11NSi.C5H2N2O4.C4H13NSi.2C3H4N2O2.2C2O3.6CHO2.6Y/c2*1-13-9-4-2-8(3-5-9)10(6-11)7-12;2*1-11-8-4-2-7(3-5-8)9-6-10;1-9-7-4-2-6(8)3-5-7;8-2-6(3-9)1-7(4-10)5-11;1-6-4-2-3-5;2*6-2-4-1-5-3-7;2*3-1-5-2-4;6*2-1-3;;;;;;/h2*2-5H,13H2,1H3;2*2-5H,11H2,1H3,(H,9,10);2-5H,8-9H2,1H3;1H2;2-6H2,1H3;2*1H2,(H,4,6)(H,5,7);;;6*(H,2,3);;;;;;/q2*-2;2*-1;;-4;;4*-2;6*-1;;;;;;. The summed E-state index contributed by atoms with van der Waals surface area (Å²) in [5, 5.41) is 60.7. The summed E-state index contributed by atoms with van der Waals surface area (Å²) >= 11 is 0. The molecule has 16 N–H and O–H groups in total. The molecular weight excluding hydrogens is 2170 g/mol. The summed E-state index contributed by atoms with van der Waals surface area (Å²) < 4.78 is 6.44. The van der Waals surface area contributed by atoms with Crippen LogP contribution < -0.4 is 79.1 Å². The van der Waals surface area contributed by atoms with Crippen molar-refractivity contribution in [1.29, 1.82) is 0 Å². The second-order valence-electron chi connectivity index (χ2n) is 17.1. The maximum absolute atomic E-state index is 10.2. The largest absolute Gasteiger partial charge is 0.783 e. The minimum absolute atomic E-state index is 0. The number of imide groups is 4. The molecule has 5 aromatic rings. The van der Waals surface area contributed by atoms with Gasteiger partial charge in [-0.1, -0.05) is 171 Å². The minimum Gasteiger partial charge on any atom is -0.783 e. The molecule has 14 amide bonds. The van der Waals surface area contributed by atoms with E-state index < -0.39 is 6.67 Å². The summed E-state index contributed by atoms with van der Waals surface area (Å²) in [6.45, 7) is 20.3. The zero-order valence-electron chi connectivity index (χ0n) is 65.7. The van der Waals surface area contributed by atoms with E-state index >= 15 is 0 Å². The Labute approximate surface area is 869 Å². The SMILES string of the molecule is C[SiH2]CCCN.C[SiH2]c1ccc(N([C-]=O)[C-]=O)cc1.C[SiH2]c1ccc(N([C-]=O)[C-]=O)cc1.C[SiH2]c1ccc(N)cc1.C[SiH2]c1ccc(N[C-]=O)cc1.C[SiH2]c1ccc(N[C-]=O)cc1.O=[C-]N([C-]=O)CN([C-]=O)[C-]=O.O=[C-]NCN[C-]=O.O=[C-]NCN[C-]=O.O=[C-]O.O=[C-]O.O=[C-]O.O=[C-]O.O=[C-]O.O=[C-]O.O=[C-]O[C-]=O.O=[C-]O[C-]=O.[Y].[Y].[Y].[Y].[Y].[Y]. The van der Waals surface area contributed by atoms with Crippen molar-refractivity contribution in [3.8, 4) is 0 Å². The Bertz CT molecular complexity index is 3010. The molecule has 44 nitrogen and oxygen atoms in total. The van der Waals surface area contributed by atoms with Crippen LogP contribution in [0.15, 0.2) is 121 Å². The van der Waals surface area contributed by atoms with Gasteiger partial charge in [-0.3, -0.25) is 0 Å². The molecule has 0 aliphatic heterocycles. The first kappa shape index (κ1) is 158. The summed E-state index contributed by atoms with van der Waals surface area (Å²) in [4.78, 5) is 224. The van der Waals surface area contributed by atoms with Crippen LogP contribution in [0.3, 0.4) is 0 Å². The molecule has 0 aliphatic carbocycles. The molecule has 122 heavy (non-hydrogen) atoms. The average Bonchev–Trinajstić information content (AvgIpc) is 0.999. The molecule has 0 atom stereocenters. The molecule has 0 aliphatic rings. The monoisotopic (exact) mass is 2250 g/mol. The molecule has 0 aromatic heterocycles. The quantitative estimate of drug-likeness (QED) is 0.00337. The Balaban J connectivity index is -0.0000000600. The van der Waals surface area contributed by atoms with Crippen molar-refractivity contribution in [3.63, 3.8) is 0 Å². The second kappa shape index (κ2) is 148. The maximum atomic E-state index is 10.2. The first-order valence-electron chi connectivity index (χ1n) is 30.7. The Morgan fingerprint density at radius 3 is 0.664 bits per heavy atom. The van der Waals surface area contributed by atoms with E-state index in [1.807, 2.05) is 84.9 Å². The van der Waals surface area contributed by atoms with E-state index in [9.17, 15) is 67.1 Å². The van der Waals surface area contributed by atoms with Crippen LogP contribution in [-0.4, -0.2) is 279 Å². The third kappa shape index (κ3) is 136. The van der Waals surface area contributed by atoms with Crippen LogP contribution in [0.2, 0.25) is 45.3 Å². The molecule has 56 heteroatoms. The molecule has 0 bridgehead atoms. The topological polar surface area (TPSA) is 687 Å². The van der Waals surface area contributed by atoms with Gasteiger partial charge in [0.2, 0.25) is 0 Å². The molecule has 0 saturated carbocycles. The molecule has 0 fully saturated rings. The van der Waals surface area contributed by atoms with Crippen molar-refractivity contribution in [2.24, 2.45) is 5.73 Å². The van der Waals surface area contributed by atoms with E-state index in [-0.39, 0.29) is 257 Å². The molecular formula is C66H78N12O32Si6Y6-24. The number of carbonyl (C=O) groups excluding carboxylic acids is 18. The van der Waals surface area contributed by atoms with Gasteiger partial charge in [-0.15, -0.1) is 61.5 Å². The molecule has 0 unspecified atom stereocenters. The van der Waals surface area contributed by atoms with E-state index in [0.29, 0.717) is 69.5 Å². The second-order valence-corrected chi connectivity index (χ2v) is 26.5. The van der Waals surface area contributed by atoms with Crippen LogP contribution in [0.5, 0.6) is 0 Å². The van der Waals surface area contributed by atoms with Gasteiger partial charge in [0.25, 0.3) is 0 Å². The van der Waals surface area contributed by atoms with Crippen LogP contribution >= 0.6 is 0 Å². The molecule has 5 rings (SSSR count). The Morgan fingerprint density at radius 1 is 0.320 bits per heavy atom. The average molecular weight is 2250 g/mol. The number of nitrogen functional groups attached to an aromatic ring is 1. The van der Waals surface area contributed by atoms with E-state index in [1.165, 1.54) is 89.7 Å².